The van der Waals surface area contributed by atoms with Crippen molar-refractivity contribution < 1.29 is 0 Å². The second-order valence-electron chi connectivity index (χ2n) is 10.2. The van der Waals surface area contributed by atoms with Crippen LogP contribution in [0, 0.1) is 36.5 Å². The largest absolute Gasteiger partial charge is 0.366 e. The predicted octanol–water partition coefficient (Wildman–Crippen LogP) is 3.52. The van der Waals surface area contributed by atoms with Crippen LogP contribution in [0.25, 0.3) is 11.4 Å². The fourth-order valence-corrected chi connectivity index (χ4v) is 6.76. The zero-order valence-electron chi connectivity index (χ0n) is 18.0. The van der Waals surface area contributed by atoms with E-state index in [-0.39, 0.29) is 0 Å². The van der Waals surface area contributed by atoms with Crippen LogP contribution in [0.15, 0.2) is 30.5 Å². The standard InChI is InChI=1S/C24H32N6/c1-15-11-25-29(2)24(15)22-5-6-23(28-27-22)26-21-9-19-13-30(14-20(19)10-21)12-18-8-16-3-4-17(18)7-16/h3-6,11,16-21H,7-10,12-14H2,1-2H3,(H,26,28)/t16?,17?,18?,19-,20+,21?. The maximum atomic E-state index is 4.46. The Kier molecular flexibility index (Phi) is 4.44. The van der Waals surface area contributed by atoms with Crippen molar-refractivity contribution in [3.8, 4) is 11.4 Å². The highest BCUT2D eigenvalue weighted by molar-refractivity contribution is 5.59. The van der Waals surface area contributed by atoms with Gasteiger partial charge in [-0.05, 0) is 79.9 Å². The van der Waals surface area contributed by atoms with E-state index in [9.17, 15) is 0 Å². The molecule has 2 bridgehead atoms. The molecule has 4 unspecified atom stereocenters. The summed E-state index contributed by atoms with van der Waals surface area (Å²) in [4.78, 5) is 2.77. The van der Waals surface area contributed by atoms with E-state index in [1.807, 2.05) is 17.9 Å². The minimum Gasteiger partial charge on any atom is -0.366 e. The molecule has 0 spiro atoms. The third-order valence-electron chi connectivity index (χ3n) is 8.12. The first kappa shape index (κ1) is 18.6. The Hall–Kier alpha value is -2.21. The normalized spacial score (nSPS) is 34.7. The van der Waals surface area contributed by atoms with Gasteiger partial charge in [0.1, 0.15) is 11.5 Å². The first-order valence-corrected chi connectivity index (χ1v) is 11.6. The summed E-state index contributed by atoms with van der Waals surface area (Å²) in [6.45, 7) is 5.98. The summed E-state index contributed by atoms with van der Waals surface area (Å²) < 4.78 is 1.86. The summed E-state index contributed by atoms with van der Waals surface area (Å²) in [5.74, 6) is 5.28. The number of allylic oxidation sites excluding steroid dienone is 2. The number of aryl methyl sites for hydroxylation is 2. The fourth-order valence-electron chi connectivity index (χ4n) is 6.76. The van der Waals surface area contributed by atoms with Gasteiger partial charge in [0.15, 0.2) is 0 Å². The summed E-state index contributed by atoms with van der Waals surface area (Å²) in [6, 6.07) is 4.66. The average Bonchev–Trinajstić information content (AvgIpc) is 3.52. The quantitative estimate of drug-likeness (QED) is 0.773. The highest BCUT2D eigenvalue weighted by Crippen LogP contribution is 2.45. The van der Waals surface area contributed by atoms with E-state index in [0.29, 0.717) is 6.04 Å². The lowest BCUT2D eigenvalue weighted by Crippen LogP contribution is -2.31. The van der Waals surface area contributed by atoms with Gasteiger partial charge < -0.3 is 10.2 Å². The monoisotopic (exact) mass is 404 g/mol. The molecule has 0 aromatic carbocycles. The van der Waals surface area contributed by atoms with Crippen molar-refractivity contribution in [2.75, 3.05) is 25.0 Å². The molecule has 1 N–H and O–H groups in total. The smallest absolute Gasteiger partial charge is 0.148 e. The van der Waals surface area contributed by atoms with E-state index in [1.165, 1.54) is 45.3 Å². The predicted molar refractivity (Wildman–Crippen MR) is 118 cm³/mol. The van der Waals surface area contributed by atoms with E-state index in [0.717, 1.165) is 52.4 Å². The molecular weight excluding hydrogens is 372 g/mol. The van der Waals surface area contributed by atoms with Crippen molar-refractivity contribution >= 4 is 5.82 Å². The second-order valence-corrected chi connectivity index (χ2v) is 10.2. The number of nitrogens with zero attached hydrogens (tertiary/aromatic N) is 5. The molecule has 3 heterocycles. The van der Waals surface area contributed by atoms with E-state index in [4.69, 9.17) is 0 Å². The number of hydrogen-bond donors (Lipinski definition) is 1. The maximum absolute atomic E-state index is 4.46. The third-order valence-corrected chi connectivity index (χ3v) is 8.12. The van der Waals surface area contributed by atoms with Crippen molar-refractivity contribution in [3.63, 3.8) is 0 Å². The van der Waals surface area contributed by atoms with Crippen LogP contribution in [0.1, 0.15) is 31.2 Å². The summed E-state index contributed by atoms with van der Waals surface area (Å²) >= 11 is 0. The molecular formula is C24H32N6. The molecule has 2 aromatic rings. The van der Waals surface area contributed by atoms with Crippen LogP contribution >= 0.6 is 0 Å². The Bertz CT molecular complexity index is 914. The van der Waals surface area contributed by atoms with Crippen molar-refractivity contribution in [2.24, 2.45) is 36.6 Å². The van der Waals surface area contributed by atoms with Crippen LogP contribution in [0.2, 0.25) is 0 Å². The van der Waals surface area contributed by atoms with Crippen LogP contribution in [0.5, 0.6) is 0 Å². The van der Waals surface area contributed by atoms with Gasteiger partial charge in [0.2, 0.25) is 0 Å². The van der Waals surface area contributed by atoms with Crippen LogP contribution < -0.4 is 5.32 Å². The zero-order chi connectivity index (χ0) is 20.2. The van der Waals surface area contributed by atoms with Gasteiger partial charge in [-0.15, -0.1) is 10.2 Å². The molecule has 1 saturated heterocycles. The minimum absolute atomic E-state index is 0.533. The molecule has 6 rings (SSSR count). The Labute approximate surface area is 178 Å². The number of fused-ring (bicyclic) bond motifs is 3. The molecule has 0 radical (unpaired) electrons. The molecule has 4 aliphatic rings. The third kappa shape index (κ3) is 3.25. The lowest BCUT2D eigenvalue weighted by atomic mass is 9.93. The highest BCUT2D eigenvalue weighted by Gasteiger charge is 2.43. The lowest BCUT2D eigenvalue weighted by molar-refractivity contribution is 0.238. The maximum Gasteiger partial charge on any atom is 0.148 e. The molecule has 3 fully saturated rings. The first-order valence-electron chi connectivity index (χ1n) is 11.6. The molecule has 6 atom stereocenters. The Morgan fingerprint density at radius 2 is 1.87 bits per heavy atom. The lowest BCUT2D eigenvalue weighted by Gasteiger charge is -2.26. The molecule has 158 valence electrons. The van der Waals surface area contributed by atoms with Crippen LogP contribution in [-0.2, 0) is 7.05 Å². The average molecular weight is 405 g/mol. The summed E-state index contributed by atoms with van der Waals surface area (Å²) in [7, 11) is 1.95. The molecule has 30 heavy (non-hydrogen) atoms. The van der Waals surface area contributed by atoms with E-state index in [2.05, 4.69) is 56.7 Å². The summed E-state index contributed by atoms with van der Waals surface area (Å²) in [5, 5.41) is 16.9. The fraction of sp³-hybridized carbons (Fsp3) is 0.625. The second kappa shape index (κ2) is 7.19. The highest BCUT2D eigenvalue weighted by atomic mass is 15.3. The van der Waals surface area contributed by atoms with Crippen LogP contribution in [0.4, 0.5) is 5.82 Å². The van der Waals surface area contributed by atoms with Gasteiger partial charge in [0, 0.05) is 32.7 Å². The number of anilines is 1. The Balaban J connectivity index is 1.03. The number of rotatable bonds is 5. The summed E-state index contributed by atoms with van der Waals surface area (Å²) in [6.07, 6.45) is 12.2. The Morgan fingerprint density at radius 3 is 2.47 bits per heavy atom. The number of nitrogens with one attached hydrogen (secondary N) is 1. The number of aromatic nitrogens is 4. The molecule has 6 heteroatoms. The molecule has 2 aromatic heterocycles. The van der Waals surface area contributed by atoms with Gasteiger partial charge in [-0.25, -0.2) is 0 Å². The molecule has 1 aliphatic heterocycles. The van der Waals surface area contributed by atoms with Gasteiger partial charge in [0.05, 0.1) is 11.9 Å². The Morgan fingerprint density at radius 1 is 1.03 bits per heavy atom. The van der Waals surface area contributed by atoms with E-state index < -0.39 is 0 Å². The van der Waals surface area contributed by atoms with Crippen LogP contribution in [-0.4, -0.2) is 50.6 Å². The van der Waals surface area contributed by atoms with E-state index >= 15 is 0 Å². The van der Waals surface area contributed by atoms with E-state index in [1.54, 1.807) is 0 Å². The molecule has 0 amide bonds. The van der Waals surface area contributed by atoms with Crippen molar-refractivity contribution in [2.45, 2.75) is 38.6 Å². The van der Waals surface area contributed by atoms with Crippen molar-refractivity contribution in [3.05, 3.63) is 36.0 Å². The zero-order valence-corrected chi connectivity index (χ0v) is 18.0. The van der Waals surface area contributed by atoms with Gasteiger partial charge in [0.25, 0.3) is 0 Å². The molecule has 3 aliphatic carbocycles. The van der Waals surface area contributed by atoms with Crippen molar-refractivity contribution in [1.82, 2.24) is 24.9 Å². The molecule has 2 saturated carbocycles. The first-order chi connectivity index (χ1) is 14.6. The topological polar surface area (TPSA) is 58.9 Å². The van der Waals surface area contributed by atoms with Gasteiger partial charge >= 0.3 is 0 Å². The van der Waals surface area contributed by atoms with Crippen molar-refractivity contribution in [1.29, 1.82) is 0 Å². The van der Waals surface area contributed by atoms with Gasteiger partial charge in [-0.1, -0.05) is 12.2 Å². The van der Waals surface area contributed by atoms with Gasteiger partial charge in [-0.3, -0.25) is 4.68 Å². The number of likely N-dealkylation sites (tertiary alicyclic amines) is 1. The van der Waals surface area contributed by atoms with Gasteiger partial charge in [-0.2, -0.15) is 5.10 Å². The minimum atomic E-state index is 0.533. The number of hydrogen-bond acceptors (Lipinski definition) is 5. The molecule has 6 nitrogen and oxygen atoms in total. The SMILES string of the molecule is Cc1cnn(C)c1-c1ccc(NC2C[C@@H]3CN(CC4CC5C=CC4C5)C[C@@H]3C2)nn1. The summed E-state index contributed by atoms with van der Waals surface area (Å²) in [5.41, 5.74) is 3.05. The van der Waals surface area contributed by atoms with Crippen LogP contribution in [0.3, 0.4) is 0 Å².